The molecule has 0 aliphatic heterocycles. The van der Waals surface area contributed by atoms with E-state index < -0.39 is 0 Å². The molecular formula is C23H26N2. The van der Waals surface area contributed by atoms with Crippen molar-refractivity contribution in [2.75, 3.05) is 6.54 Å². The van der Waals surface area contributed by atoms with Crippen molar-refractivity contribution in [3.63, 3.8) is 0 Å². The fourth-order valence-electron chi connectivity index (χ4n) is 1.88. The molecule has 0 radical (unpaired) electrons. The van der Waals surface area contributed by atoms with Crippen LogP contribution in [0.3, 0.4) is 0 Å². The molecule has 0 aliphatic carbocycles. The lowest BCUT2D eigenvalue weighted by atomic mass is 10.1. The second-order valence-electron chi connectivity index (χ2n) is 5.37. The average molecular weight is 330 g/mol. The molecule has 0 spiro atoms. The van der Waals surface area contributed by atoms with Crippen LogP contribution in [0.4, 0.5) is 0 Å². The van der Waals surface area contributed by atoms with Crippen LogP contribution < -0.4 is 0 Å². The van der Waals surface area contributed by atoms with Gasteiger partial charge in [-0.05, 0) is 30.6 Å². The van der Waals surface area contributed by atoms with Crippen LogP contribution in [0.2, 0.25) is 0 Å². The largest absolute Gasteiger partial charge is 0.267 e. The molecule has 0 unspecified atom stereocenters. The average Bonchev–Trinajstić information content (AvgIpc) is 2.63. The highest BCUT2D eigenvalue weighted by Gasteiger charge is 2.03. The molecule has 0 saturated heterocycles. The molecule has 0 heterocycles. The Labute approximate surface area is 151 Å². The van der Waals surface area contributed by atoms with Crippen LogP contribution in [0.1, 0.15) is 19.4 Å². The fraction of sp³-hybridized carbons (Fsp3) is 0.130. The summed E-state index contributed by atoms with van der Waals surface area (Å²) in [5, 5.41) is 0. The maximum absolute atomic E-state index is 4.65. The summed E-state index contributed by atoms with van der Waals surface area (Å²) in [6.45, 7) is 20.3. The lowest BCUT2D eigenvalue weighted by Crippen LogP contribution is -2.04. The molecule has 0 aliphatic rings. The van der Waals surface area contributed by atoms with E-state index in [1.807, 2.05) is 68.5 Å². The first-order valence-electron chi connectivity index (χ1n) is 8.19. The first-order valence-corrected chi connectivity index (χ1v) is 8.19. The molecule has 25 heavy (non-hydrogen) atoms. The topological polar surface area (TPSA) is 24.7 Å². The van der Waals surface area contributed by atoms with Gasteiger partial charge in [0.1, 0.15) is 0 Å². The third kappa shape index (κ3) is 6.96. The van der Waals surface area contributed by atoms with Crippen LogP contribution in [-0.2, 0) is 0 Å². The summed E-state index contributed by atoms with van der Waals surface area (Å²) in [4.78, 5) is 9.13. The summed E-state index contributed by atoms with van der Waals surface area (Å²) in [6.07, 6.45) is 9.18. The minimum atomic E-state index is 0.676. The van der Waals surface area contributed by atoms with Crippen molar-refractivity contribution in [1.29, 1.82) is 0 Å². The highest BCUT2D eigenvalue weighted by Crippen LogP contribution is 2.11. The molecule has 0 aromatic heterocycles. The number of rotatable bonds is 8. The van der Waals surface area contributed by atoms with E-state index in [0.29, 0.717) is 12.4 Å². The summed E-state index contributed by atoms with van der Waals surface area (Å²) < 4.78 is 0. The molecular weight excluding hydrogens is 304 g/mol. The van der Waals surface area contributed by atoms with Gasteiger partial charge in [-0.1, -0.05) is 87.0 Å². The van der Waals surface area contributed by atoms with Crippen LogP contribution in [0.5, 0.6) is 0 Å². The Balaban J connectivity index is 2.91. The Morgan fingerprint density at radius 1 is 0.960 bits per heavy atom. The Bertz CT molecular complexity index is 757. The molecule has 0 bridgehead atoms. The van der Waals surface area contributed by atoms with Gasteiger partial charge in [-0.3, -0.25) is 4.99 Å². The smallest absolute Gasteiger partial charge is 0.154 e. The lowest BCUT2D eigenvalue weighted by molar-refractivity contribution is 1.12. The molecule has 1 aromatic carbocycles. The molecule has 0 N–H and O–H groups in total. The van der Waals surface area contributed by atoms with Crippen molar-refractivity contribution in [3.05, 3.63) is 109 Å². The van der Waals surface area contributed by atoms with Crippen molar-refractivity contribution < 1.29 is 0 Å². The van der Waals surface area contributed by atoms with Gasteiger partial charge >= 0.3 is 0 Å². The summed E-state index contributed by atoms with van der Waals surface area (Å²) in [5.74, 6) is 0.715. The second kappa shape index (κ2) is 10.7. The Kier molecular flexibility index (Phi) is 8.59. The van der Waals surface area contributed by atoms with E-state index in [4.69, 9.17) is 0 Å². The minimum absolute atomic E-state index is 0.676. The predicted octanol–water partition coefficient (Wildman–Crippen LogP) is 5.88. The zero-order valence-corrected chi connectivity index (χ0v) is 15.2. The highest BCUT2D eigenvalue weighted by atomic mass is 14.9. The van der Waals surface area contributed by atoms with Gasteiger partial charge < -0.3 is 0 Å². The number of aliphatic imine (C=N–C) groups is 2. The van der Waals surface area contributed by atoms with E-state index in [9.17, 15) is 0 Å². The van der Waals surface area contributed by atoms with Crippen LogP contribution in [-0.4, -0.2) is 18.1 Å². The zero-order chi connectivity index (χ0) is 18.7. The quantitative estimate of drug-likeness (QED) is 0.323. The van der Waals surface area contributed by atoms with E-state index in [0.717, 1.165) is 28.0 Å². The monoisotopic (exact) mass is 330 g/mol. The van der Waals surface area contributed by atoms with Crippen molar-refractivity contribution >= 4 is 11.5 Å². The third-order valence-corrected chi connectivity index (χ3v) is 3.41. The normalized spacial score (nSPS) is 12.6. The van der Waals surface area contributed by atoms with Crippen molar-refractivity contribution in [2.45, 2.75) is 13.8 Å². The van der Waals surface area contributed by atoms with E-state index in [-0.39, 0.29) is 0 Å². The number of hydrogen-bond donors (Lipinski definition) is 0. The van der Waals surface area contributed by atoms with Crippen LogP contribution in [0, 0.1) is 0 Å². The van der Waals surface area contributed by atoms with Crippen LogP contribution in [0.15, 0.2) is 114 Å². The highest BCUT2D eigenvalue weighted by molar-refractivity contribution is 6.12. The molecule has 1 aromatic rings. The van der Waals surface area contributed by atoms with Crippen LogP contribution >= 0.6 is 0 Å². The van der Waals surface area contributed by atoms with Gasteiger partial charge in [-0.15, -0.1) is 0 Å². The van der Waals surface area contributed by atoms with Crippen LogP contribution in [0.25, 0.3) is 0 Å². The summed E-state index contributed by atoms with van der Waals surface area (Å²) in [6, 6.07) is 9.94. The van der Waals surface area contributed by atoms with E-state index >= 15 is 0 Å². The number of allylic oxidation sites excluding steroid dienone is 8. The van der Waals surface area contributed by atoms with Gasteiger partial charge in [-0.25, -0.2) is 4.99 Å². The van der Waals surface area contributed by atoms with Crippen molar-refractivity contribution in [2.24, 2.45) is 9.98 Å². The molecule has 0 saturated carbocycles. The second-order valence-corrected chi connectivity index (χ2v) is 5.37. The number of amidine groups is 1. The van der Waals surface area contributed by atoms with Gasteiger partial charge in [0, 0.05) is 17.8 Å². The van der Waals surface area contributed by atoms with Gasteiger partial charge in [0.05, 0.1) is 0 Å². The summed E-state index contributed by atoms with van der Waals surface area (Å²) in [7, 11) is 0. The molecule has 0 atom stereocenters. The Morgan fingerprint density at radius 2 is 1.56 bits per heavy atom. The molecule has 2 nitrogen and oxygen atoms in total. The Morgan fingerprint density at radius 3 is 2.16 bits per heavy atom. The Hall–Kier alpha value is -3.00. The fourth-order valence-corrected chi connectivity index (χ4v) is 1.88. The number of nitrogens with zero attached hydrogens (tertiary/aromatic N) is 2. The lowest BCUT2D eigenvalue weighted by Gasteiger charge is -2.05. The molecule has 1 rings (SSSR count). The van der Waals surface area contributed by atoms with E-state index in [1.54, 1.807) is 6.08 Å². The minimum Gasteiger partial charge on any atom is -0.267 e. The third-order valence-electron chi connectivity index (χ3n) is 3.41. The number of hydrogen-bond acceptors (Lipinski definition) is 1. The van der Waals surface area contributed by atoms with E-state index in [1.165, 1.54) is 0 Å². The maximum atomic E-state index is 4.65. The van der Waals surface area contributed by atoms with Crippen molar-refractivity contribution in [3.8, 4) is 0 Å². The van der Waals surface area contributed by atoms with Gasteiger partial charge in [0.25, 0.3) is 0 Å². The SMILES string of the molecule is C=C/C=C\C(=C)C(=C)/C=C\C(=C)/C(C)=N/C(=N\CC)c1ccccc1. The predicted molar refractivity (Wildman–Crippen MR) is 113 cm³/mol. The standard InChI is InChI=1S/C23H26N2/c1-7-9-13-18(3)19(4)16-17-20(5)21(6)25-23(24-8-2)22-14-11-10-12-15-22/h7,9-17H,1,3-5,8H2,2,6H3/b13-9-,17-16-,24-23-,25-21+. The van der Waals surface area contributed by atoms with Gasteiger partial charge in [-0.2, -0.15) is 0 Å². The molecule has 0 fully saturated rings. The summed E-state index contributed by atoms with van der Waals surface area (Å²) in [5.41, 5.74) is 4.26. The van der Waals surface area contributed by atoms with Gasteiger partial charge in [0.2, 0.25) is 0 Å². The van der Waals surface area contributed by atoms with E-state index in [2.05, 4.69) is 36.3 Å². The maximum Gasteiger partial charge on any atom is 0.154 e. The molecule has 2 heteroatoms. The zero-order valence-electron chi connectivity index (χ0n) is 15.2. The van der Waals surface area contributed by atoms with Crippen molar-refractivity contribution in [1.82, 2.24) is 0 Å². The molecule has 0 amide bonds. The molecule has 128 valence electrons. The first kappa shape index (κ1) is 20.0. The number of benzene rings is 1. The summed E-state index contributed by atoms with van der Waals surface area (Å²) >= 11 is 0. The van der Waals surface area contributed by atoms with Gasteiger partial charge in [0.15, 0.2) is 5.84 Å². The first-order chi connectivity index (χ1) is 12.0.